The van der Waals surface area contributed by atoms with E-state index in [0.29, 0.717) is 33.5 Å². The van der Waals surface area contributed by atoms with Crippen LogP contribution >= 0.6 is 23.8 Å². The van der Waals surface area contributed by atoms with E-state index in [0.717, 1.165) is 5.56 Å². The summed E-state index contributed by atoms with van der Waals surface area (Å²) in [7, 11) is 0. The van der Waals surface area contributed by atoms with E-state index in [-0.39, 0.29) is 10.9 Å². The first-order valence-electron chi connectivity index (χ1n) is 8.12. The van der Waals surface area contributed by atoms with Gasteiger partial charge in [-0.1, -0.05) is 23.7 Å². The maximum atomic E-state index is 12.8. The van der Waals surface area contributed by atoms with Crippen LogP contribution in [0.3, 0.4) is 0 Å². The molecule has 0 amide bonds. The third-order valence-electron chi connectivity index (χ3n) is 4.05. The van der Waals surface area contributed by atoms with E-state index in [1.807, 2.05) is 26.0 Å². The maximum Gasteiger partial charge on any atom is 0.337 e. The van der Waals surface area contributed by atoms with Crippen LogP contribution in [0, 0.1) is 4.77 Å². The lowest BCUT2D eigenvalue weighted by Crippen LogP contribution is -2.27. The zero-order valence-electron chi connectivity index (χ0n) is 14.6. The van der Waals surface area contributed by atoms with Crippen LogP contribution in [0.15, 0.2) is 35.5 Å². The van der Waals surface area contributed by atoms with E-state index in [4.69, 9.17) is 34.3 Å². The average molecular weight is 391 g/mol. The van der Waals surface area contributed by atoms with Crippen molar-refractivity contribution < 1.29 is 9.53 Å². The van der Waals surface area contributed by atoms with E-state index in [9.17, 15) is 4.79 Å². The predicted molar refractivity (Wildman–Crippen MR) is 105 cm³/mol. The summed E-state index contributed by atoms with van der Waals surface area (Å²) in [6.45, 7) is 5.42. The molecule has 26 heavy (non-hydrogen) atoms. The van der Waals surface area contributed by atoms with Crippen LogP contribution in [-0.2, 0) is 9.53 Å². The first-order valence-corrected chi connectivity index (χ1v) is 8.90. The average Bonchev–Trinajstić information content (AvgIpc) is 2.53. The Bertz CT molecular complexity index is 951. The fourth-order valence-corrected chi connectivity index (χ4v) is 3.36. The van der Waals surface area contributed by atoms with Gasteiger partial charge in [-0.05, 0) is 50.7 Å². The number of allylic oxidation sites excluding steroid dienone is 1. The van der Waals surface area contributed by atoms with Crippen LogP contribution in [0.5, 0.6) is 0 Å². The fraction of sp³-hybridized carbons (Fsp3) is 0.278. The number of benzene rings is 1. The minimum Gasteiger partial charge on any atom is -0.460 e. The van der Waals surface area contributed by atoms with Crippen molar-refractivity contribution in [2.75, 3.05) is 11.1 Å². The van der Waals surface area contributed by atoms with Crippen molar-refractivity contribution >= 4 is 41.4 Å². The number of halogens is 1. The third-order valence-corrected chi connectivity index (χ3v) is 4.50. The molecule has 1 aliphatic heterocycles. The van der Waals surface area contributed by atoms with Gasteiger partial charge in [-0.25, -0.2) is 9.78 Å². The van der Waals surface area contributed by atoms with Crippen LogP contribution in [-0.4, -0.2) is 22.0 Å². The number of rotatable bonds is 3. The van der Waals surface area contributed by atoms with Crippen LogP contribution in [0.4, 0.5) is 11.6 Å². The summed E-state index contributed by atoms with van der Waals surface area (Å²) in [5.41, 5.74) is 8.84. The second kappa shape index (κ2) is 7.09. The zero-order chi connectivity index (χ0) is 19.0. The van der Waals surface area contributed by atoms with Crippen molar-refractivity contribution in [1.29, 1.82) is 0 Å². The summed E-state index contributed by atoms with van der Waals surface area (Å²) in [6.07, 6.45) is -0.243. The number of fused-ring (bicyclic) bond motifs is 1. The molecule has 0 spiro atoms. The highest BCUT2D eigenvalue weighted by molar-refractivity contribution is 7.71. The monoisotopic (exact) mass is 390 g/mol. The van der Waals surface area contributed by atoms with E-state index < -0.39 is 11.9 Å². The van der Waals surface area contributed by atoms with E-state index in [1.54, 1.807) is 19.1 Å². The molecular formula is C18H19ClN4O2S. The molecule has 0 saturated heterocycles. The molecule has 4 N–H and O–H groups in total. The molecule has 0 aliphatic carbocycles. The molecule has 2 heterocycles. The molecule has 0 saturated carbocycles. The highest BCUT2D eigenvalue weighted by atomic mass is 35.5. The number of anilines is 2. The summed E-state index contributed by atoms with van der Waals surface area (Å²) < 4.78 is 5.73. The molecule has 2 aromatic rings. The van der Waals surface area contributed by atoms with Gasteiger partial charge in [-0.15, -0.1) is 0 Å². The second-order valence-corrected chi connectivity index (χ2v) is 7.14. The molecule has 0 bridgehead atoms. The van der Waals surface area contributed by atoms with Crippen molar-refractivity contribution in [2.45, 2.75) is 32.8 Å². The number of hydrogen-bond donors (Lipinski definition) is 3. The fourth-order valence-electron chi connectivity index (χ4n) is 3.03. The first kappa shape index (κ1) is 18.4. The standard InChI is InChI=1S/C18H19ClN4O2S/c1-8(2)25-17(24)12-9(3)21-16-14(15(20)22-18(26)23-16)13(12)10-4-6-11(19)7-5-10/h4-8,13H,1-3H3,(H4,20,21,22,23,26). The Kier molecular flexibility index (Phi) is 5.02. The molecule has 1 aliphatic rings. The van der Waals surface area contributed by atoms with Crippen molar-refractivity contribution in [3.63, 3.8) is 0 Å². The lowest BCUT2D eigenvalue weighted by atomic mass is 9.82. The summed E-state index contributed by atoms with van der Waals surface area (Å²) in [5.74, 6) is 0.0335. The molecule has 1 atom stereocenters. The number of carbonyl (C=O) groups excluding carboxylic acids is 1. The minimum absolute atomic E-state index is 0.243. The summed E-state index contributed by atoms with van der Waals surface area (Å²) >= 11 is 11.1. The number of nitrogens with one attached hydrogen (secondary N) is 2. The van der Waals surface area contributed by atoms with Crippen molar-refractivity contribution in [3.8, 4) is 0 Å². The van der Waals surface area contributed by atoms with Gasteiger partial charge in [0.1, 0.15) is 11.6 Å². The van der Waals surface area contributed by atoms with Gasteiger partial charge in [0.2, 0.25) is 0 Å². The molecule has 8 heteroatoms. The maximum absolute atomic E-state index is 12.8. The lowest BCUT2D eigenvalue weighted by Gasteiger charge is -2.30. The number of nitrogens with two attached hydrogens (primary N) is 1. The smallest absolute Gasteiger partial charge is 0.337 e. The topological polar surface area (TPSA) is 93.0 Å². The number of aromatic nitrogens is 2. The molecule has 1 aromatic carbocycles. The molecule has 1 unspecified atom stereocenters. The number of nitrogens with zero attached hydrogens (tertiary/aromatic N) is 1. The second-order valence-electron chi connectivity index (χ2n) is 6.32. The number of esters is 1. The molecule has 6 nitrogen and oxygen atoms in total. The number of ether oxygens (including phenoxy) is 1. The Balaban J connectivity index is 2.23. The van der Waals surface area contributed by atoms with Crippen molar-refractivity contribution in [2.24, 2.45) is 0 Å². The molecular weight excluding hydrogens is 372 g/mol. The zero-order valence-corrected chi connectivity index (χ0v) is 16.2. The Morgan fingerprint density at radius 2 is 2.00 bits per heavy atom. The molecule has 136 valence electrons. The van der Waals surface area contributed by atoms with Gasteiger partial charge in [0.05, 0.1) is 17.6 Å². The number of aromatic amines is 1. The Morgan fingerprint density at radius 3 is 2.62 bits per heavy atom. The number of hydrogen-bond acceptors (Lipinski definition) is 6. The minimum atomic E-state index is -0.450. The largest absolute Gasteiger partial charge is 0.460 e. The van der Waals surface area contributed by atoms with Crippen LogP contribution in [0.25, 0.3) is 0 Å². The van der Waals surface area contributed by atoms with Gasteiger partial charge >= 0.3 is 5.97 Å². The van der Waals surface area contributed by atoms with E-state index in [1.165, 1.54) is 0 Å². The quantitative estimate of drug-likeness (QED) is 0.538. The van der Waals surface area contributed by atoms with Gasteiger partial charge in [0.15, 0.2) is 4.77 Å². The Hall–Kier alpha value is -2.38. The van der Waals surface area contributed by atoms with Crippen LogP contribution in [0.1, 0.15) is 37.8 Å². The lowest BCUT2D eigenvalue weighted by molar-refractivity contribution is -0.142. The Labute approximate surface area is 161 Å². The van der Waals surface area contributed by atoms with E-state index in [2.05, 4.69) is 15.3 Å². The van der Waals surface area contributed by atoms with Crippen LogP contribution in [0.2, 0.25) is 5.02 Å². The molecule has 1 aromatic heterocycles. The van der Waals surface area contributed by atoms with Crippen LogP contribution < -0.4 is 11.1 Å². The van der Waals surface area contributed by atoms with Gasteiger partial charge in [0, 0.05) is 16.3 Å². The summed E-state index contributed by atoms with van der Waals surface area (Å²) in [5, 5.41) is 3.74. The van der Waals surface area contributed by atoms with Gasteiger partial charge in [-0.2, -0.15) is 0 Å². The molecule has 3 rings (SSSR count). The van der Waals surface area contributed by atoms with Crippen molar-refractivity contribution in [3.05, 3.63) is 56.5 Å². The van der Waals surface area contributed by atoms with Gasteiger partial charge < -0.3 is 20.8 Å². The summed E-state index contributed by atoms with van der Waals surface area (Å²) in [6, 6.07) is 7.26. The summed E-state index contributed by atoms with van der Waals surface area (Å²) in [4.78, 5) is 20.0. The van der Waals surface area contributed by atoms with Gasteiger partial charge in [-0.3, -0.25) is 0 Å². The third kappa shape index (κ3) is 3.45. The first-order chi connectivity index (χ1) is 12.3. The Morgan fingerprint density at radius 1 is 1.35 bits per heavy atom. The highest BCUT2D eigenvalue weighted by Crippen LogP contribution is 2.43. The van der Waals surface area contributed by atoms with E-state index >= 15 is 0 Å². The van der Waals surface area contributed by atoms with Gasteiger partial charge in [0.25, 0.3) is 0 Å². The molecule has 0 fully saturated rings. The molecule has 0 radical (unpaired) electrons. The number of carbonyl (C=O) groups is 1. The number of nitrogen functional groups attached to an aromatic ring is 1. The predicted octanol–water partition coefficient (Wildman–Crippen LogP) is 4.16. The van der Waals surface area contributed by atoms with Crippen molar-refractivity contribution in [1.82, 2.24) is 9.97 Å². The SMILES string of the molecule is CC1=C(C(=O)OC(C)C)C(c2ccc(Cl)cc2)c2c(nc(=S)[nH]c2N)N1. The highest BCUT2D eigenvalue weighted by Gasteiger charge is 2.36. The number of H-pyrrole nitrogens is 1. The normalized spacial score (nSPS) is 16.3.